The predicted molar refractivity (Wildman–Crippen MR) is 186 cm³/mol. The Kier molecular flexibility index (Phi) is 19.3. The lowest BCUT2D eigenvalue weighted by atomic mass is 9.96. The van der Waals surface area contributed by atoms with E-state index >= 15 is 0 Å². The molecule has 0 spiro atoms. The Bertz CT molecular complexity index is 1350. The molecule has 0 aliphatic carbocycles. The van der Waals surface area contributed by atoms with E-state index in [0.717, 1.165) is 23.1 Å². The molecule has 1 heterocycles. The minimum absolute atomic E-state index is 0.136. The molecule has 1 unspecified atom stereocenters. The van der Waals surface area contributed by atoms with Gasteiger partial charge in [0.15, 0.2) is 5.60 Å². The van der Waals surface area contributed by atoms with Crippen LogP contribution in [-0.4, -0.2) is 60.9 Å². The van der Waals surface area contributed by atoms with Crippen molar-refractivity contribution in [3.8, 4) is 0 Å². The third-order valence-electron chi connectivity index (χ3n) is 6.42. The number of carbonyl (C=O) groups excluding carboxylic acids is 1. The Morgan fingerprint density at radius 1 is 1.20 bits per heavy atom. The number of nitrogens with zero attached hydrogens (tertiary/aromatic N) is 3. The number of unbranched alkanes of at least 4 members (excludes halogenated alkanes) is 2. The summed E-state index contributed by atoms with van der Waals surface area (Å²) in [6.45, 7) is 17.4. The van der Waals surface area contributed by atoms with Crippen molar-refractivity contribution in [2.24, 2.45) is 15.1 Å². The summed E-state index contributed by atoms with van der Waals surface area (Å²) < 4.78 is 19.3. The molecule has 0 saturated carbocycles. The minimum Gasteiger partial charge on any atom is -0.489 e. The summed E-state index contributed by atoms with van der Waals surface area (Å²) in [7, 11) is 0. The average molecular weight is 635 g/mol. The van der Waals surface area contributed by atoms with Gasteiger partial charge < -0.3 is 20.0 Å². The van der Waals surface area contributed by atoms with Gasteiger partial charge in [-0.3, -0.25) is 19.6 Å². The number of amides is 1. The number of rotatable bonds is 22. The van der Waals surface area contributed by atoms with E-state index in [1.54, 1.807) is 37.6 Å². The fourth-order valence-corrected chi connectivity index (χ4v) is 3.81. The Labute approximate surface area is 272 Å². The van der Waals surface area contributed by atoms with E-state index in [1.807, 2.05) is 32.1 Å². The molecule has 2 N–H and O–H groups in total. The van der Waals surface area contributed by atoms with Crippen LogP contribution in [0, 0.1) is 0 Å². The fourth-order valence-electron chi connectivity index (χ4n) is 3.81. The molecule has 1 amide bonds. The number of hydrogen-bond acceptors (Lipinski definition) is 7. The summed E-state index contributed by atoms with van der Waals surface area (Å²) in [6, 6.07) is 0. The first-order valence-corrected chi connectivity index (χ1v) is 15.1. The van der Waals surface area contributed by atoms with E-state index in [4.69, 9.17) is 14.7 Å². The second kappa shape index (κ2) is 22.6. The molecule has 1 atom stereocenters. The maximum absolute atomic E-state index is 13.1. The summed E-state index contributed by atoms with van der Waals surface area (Å²) in [4.78, 5) is 36.9. The number of hydrogen-bond donors (Lipinski definition) is 2. The highest BCUT2D eigenvalue weighted by atomic mass is 19.1. The summed E-state index contributed by atoms with van der Waals surface area (Å²) >= 11 is 0. The van der Waals surface area contributed by atoms with Gasteiger partial charge in [-0.15, -0.1) is 0 Å². The van der Waals surface area contributed by atoms with Gasteiger partial charge in [-0.2, -0.15) is 0 Å². The van der Waals surface area contributed by atoms with Crippen LogP contribution in [-0.2, 0) is 19.2 Å². The van der Waals surface area contributed by atoms with Crippen molar-refractivity contribution in [2.45, 2.75) is 64.9 Å². The zero-order valence-corrected chi connectivity index (χ0v) is 27.2. The molecule has 1 rings (SSSR count). The molecule has 0 aromatic heterocycles. The monoisotopic (exact) mass is 634 g/mol. The van der Waals surface area contributed by atoms with Gasteiger partial charge >= 0.3 is 5.97 Å². The second-order valence-electron chi connectivity index (χ2n) is 10.5. The van der Waals surface area contributed by atoms with Crippen molar-refractivity contribution in [3.63, 3.8) is 0 Å². The Balaban J connectivity index is 3.02. The molecule has 0 radical (unpaired) electrons. The standard InChI is InChI=1S/C36H47FN4O5/c1-7-28(4)24-33(29(8-2)26-38-6)45-27-36(5)25-32(41-46-36)30(20-23-39-21-14-10-11-19-35(43)44)16-12-13-18-34(42)40-22-15-17-31(37)9-3/h7-9,13,15-18,20-21,23-24H,1-2,6,10-12,14,19,22,25-27H2,3-5H3,(H,40,42)(H,43,44)/b17-15-,18-13+,23-20+,28-24-,30-16?,31-9+,33-29-,39-21?. The SMILES string of the molecule is C=C/C(C)=C\C(OCC1(C)CC(C(=CC/C=C/C(=O)NC/C=C\C(F)=C/C)/C=C/N=CCCCCC(=O)O)=NO1)=C(/C=C)CN=C. The number of aliphatic imine (C=N–C) groups is 2. The van der Waals surface area contributed by atoms with Crippen molar-refractivity contribution in [1.82, 2.24) is 5.32 Å². The number of ether oxygens (including phenoxy) is 1. The highest BCUT2D eigenvalue weighted by Gasteiger charge is 2.36. The van der Waals surface area contributed by atoms with Crippen molar-refractivity contribution >= 4 is 30.5 Å². The van der Waals surface area contributed by atoms with Crippen LogP contribution < -0.4 is 5.32 Å². The molecular weight excluding hydrogens is 587 g/mol. The lowest BCUT2D eigenvalue weighted by Crippen LogP contribution is -2.31. The molecule has 1 aliphatic rings. The summed E-state index contributed by atoms with van der Waals surface area (Å²) in [6.07, 6.45) is 22.6. The zero-order chi connectivity index (χ0) is 34.2. The first-order chi connectivity index (χ1) is 22.1. The van der Waals surface area contributed by atoms with Crippen LogP contribution in [0.4, 0.5) is 4.39 Å². The van der Waals surface area contributed by atoms with Gasteiger partial charge in [0.2, 0.25) is 5.91 Å². The highest BCUT2D eigenvalue weighted by molar-refractivity contribution is 6.03. The van der Waals surface area contributed by atoms with Crippen LogP contribution in [0.5, 0.6) is 0 Å². The van der Waals surface area contributed by atoms with E-state index in [2.05, 4.69) is 40.3 Å². The summed E-state index contributed by atoms with van der Waals surface area (Å²) in [5.41, 5.74) is 2.38. The van der Waals surface area contributed by atoms with Crippen LogP contribution >= 0.6 is 0 Å². The van der Waals surface area contributed by atoms with Gasteiger partial charge in [0.1, 0.15) is 18.2 Å². The Hall–Kier alpha value is -4.86. The largest absolute Gasteiger partial charge is 0.489 e. The number of carbonyl (C=O) groups is 2. The highest BCUT2D eigenvalue weighted by Crippen LogP contribution is 2.29. The van der Waals surface area contributed by atoms with E-state index < -0.39 is 11.6 Å². The van der Waals surface area contributed by atoms with E-state index in [9.17, 15) is 14.0 Å². The van der Waals surface area contributed by atoms with Gasteiger partial charge in [-0.05, 0) is 88.6 Å². The molecule has 0 fully saturated rings. The van der Waals surface area contributed by atoms with Crippen molar-refractivity contribution in [3.05, 3.63) is 108 Å². The number of allylic oxidation sites excluding steroid dienone is 10. The van der Waals surface area contributed by atoms with Crippen LogP contribution in [0.25, 0.3) is 0 Å². The normalized spacial score (nSPS) is 18.2. The quantitative estimate of drug-likeness (QED) is 0.0421. The molecule has 1 aliphatic heterocycles. The third kappa shape index (κ3) is 16.8. The summed E-state index contributed by atoms with van der Waals surface area (Å²) in [5.74, 6) is -0.887. The molecule has 0 saturated heterocycles. The molecule has 0 bridgehead atoms. The fraction of sp³-hybridized carbons (Fsp3) is 0.361. The van der Waals surface area contributed by atoms with Crippen LogP contribution in [0.1, 0.15) is 59.3 Å². The number of aliphatic carboxylic acids is 1. The van der Waals surface area contributed by atoms with Crippen molar-refractivity contribution < 1.29 is 28.7 Å². The molecule has 46 heavy (non-hydrogen) atoms. The lowest BCUT2D eigenvalue weighted by Gasteiger charge is -2.23. The zero-order valence-electron chi connectivity index (χ0n) is 27.2. The Morgan fingerprint density at radius 3 is 2.65 bits per heavy atom. The number of carboxylic acid groups (broad SMARTS) is 1. The topological polar surface area (TPSA) is 122 Å². The lowest BCUT2D eigenvalue weighted by molar-refractivity contribution is -0.137. The van der Waals surface area contributed by atoms with Crippen LogP contribution in [0.3, 0.4) is 0 Å². The maximum Gasteiger partial charge on any atom is 0.303 e. The average Bonchev–Trinajstić information content (AvgIpc) is 3.43. The first kappa shape index (κ1) is 39.2. The van der Waals surface area contributed by atoms with Crippen molar-refractivity contribution in [2.75, 3.05) is 19.7 Å². The number of oxime groups is 1. The second-order valence-corrected chi connectivity index (χ2v) is 10.5. The summed E-state index contributed by atoms with van der Waals surface area (Å²) in [5, 5.41) is 15.8. The van der Waals surface area contributed by atoms with Crippen LogP contribution in [0.2, 0.25) is 0 Å². The predicted octanol–water partition coefficient (Wildman–Crippen LogP) is 7.46. The molecular formula is C36H47FN4O5. The van der Waals surface area contributed by atoms with Gasteiger partial charge in [-0.1, -0.05) is 54.8 Å². The van der Waals surface area contributed by atoms with Crippen LogP contribution in [0.15, 0.2) is 124 Å². The van der Waals surface area contributed by atoms with Gasteiger partial charge in [0.25, 0.3) is 0 Å². The van der Waals surface area contributed by atoms with Gasteiger partial charge in [-0.25, -0.2) is 4.39 Å². The smallest absolute Gasteiger partial charge is 0.303 e. The molecule has 248 valence electrons. The third-order valence-corrected chi connectivity index (χ3v) is 6.42. The van der Waals surface area contributed by atoms with E-state index in [1.165, 1.54) is 24.3 Å². The molecule has 9 nitrogen and oxygen atoms in total. The Morgan fingerprint density at radius 2 is 1.98 bits per heavy atom. The molecule has 10 heteroatoms. The van der Waals surface area contributed by atoms with E-state index in [0.29, 0.717) is 43.7 Å². The van der Waals surface area contributed by atoms with Gasteiger partial charge in [0.05, 0.1) is 12.3 Å². The maximum atomic E-state index is 13.1. The first-order valence-electron chi connectivity index (χ1n) is 15.1. The number of halogens is 1. The van der Waals surface area contributed by atoms with Crippen molar-refractivity contribution in [1.29, 1.82) is 0 Å². The molecule has 0 aromatic carbocycles. The molecule has 0 aromatic rings. The van der Waals surface area contributed by atoms with Gasteiger partial charge in [0, 0.05) is 37.4 Å². The van der Waals surface area contributed by atoms with E-state index in [-0.39, 0.29) is 31.3 Å². The number of carboxylic acids is 1. The minimum atomic E-state index is -0.808. The number of nitrogens with one attached hydrogen (secondary N) is 1.